The minimum Gasteiger partial charge on any atom is -0.375 e. The van der Waals surface area contributed by atoms with E-state index in [-0.39, 0.29) is 5.70 Å². The van der Waals surface area contributed by atoms with E-state index in [0.29, 0.717) is 26.4 Å². The van der Waals surface area contributed by atoms with Gasteiger partial charge in [0, 0.05) is 33.5 Å². The first kappa shape index (κ1) is 20.1. The molecular formula is C21H17ClFN5OS. The maximum absolute atomic E-state index is 15.4. The second-order valence-corrected chi connectivity index (χ2v) is 8.02. The van der Waals surface area contributed by atoms with Crippen molar-refractivity contribution in [2.45, 2.75) is 12.1 Å². The molecule has 2 atom stereocenters. The highest BCUT2D eigenvalue weighted by Gasteiger charge is 2.31. The van der Waals surface area contributed by atoms with Gasteiger partial charge in [0.05, 0.1) is 17.3 Å². The molecular weight excluding hydrogens is 425 g/mol. The van der Waals surface area contributed by atoms with Crippen LogP contribution in [0.1, 0.15) is 10.8 Å². The van der Waals surface area contributed by atoms with Gasteiger partial charge in [-0.2, -0.15) is 0 Å². The highest BCUT2D eigenvalue weighted by Crippen LogP contribution is 2.40. The number of alkyl halides is 1. The van der Waals surface area contributed by atoms with Crippen molar-refractivity contribution in [3.8, 4) is 11.3 Å². The Labute approximate surface area is 181 Å². The normalized spacial score (nSPS) is 18.0. The van der Waals surface area contributed by atoms with Crippen LogP contribution in [0.4, 0.5) is 20.0 Å². The van der Waals surface area contributed by atoms with Crippen LogP contribution in [0.25, 0.3) is 11.3 Å². The molecule has 1 aromatic carbocycles. The Bertz CT molecular complexity index is 1110. The Hall–Kier alpha value is -3.23. The van der Waals surface area contributed by atoms with E-state index in [1.54, 1.807) is 67.0 Å². The van der Waals surface area contributed by atoms with Crippen LogP contribution < -0.4 is 16.4 Å². The van der Waals surface area contributed by atoms with Crippen LogP contribution in [0.3, 0.4) is 0 Å². The number of nitrogens with zero attached hydrogens (tertiary/aromatic N) is 2. The van der Waals surface area contributed by atoms with Crippen LogP contribution in [-0.2, 0) is 0 Å². The molecule has 0 fully saturated rings. The lowest BCUT2D eigenvalue weighted by Gasteiger charge is -2.23. The lowest BCUT2D eigenvalue weighted by Crippen LogP contribution is -2.34. The molecule has 3 aromatic rings. The molecule has 1 aliphatic carbocycles. The molecule has 4 rings (SSSR count). The first-order valence-electron chi connectivity index (χ1n) is 9.04. The molecule has 152 valence electrons. The molecule has 0 radical (unpaired) electrons. The number of pyridine rings is 1. The fourth-order valence-corrected chi connectivity index (χ4v) is 4.19. The second kappa shape index (κ2) is 8.64. The third kappa shape index (κ3) is 4.34. The molecule has 2 amide bonds. The number of hydrogen-bond acceptors (Lipinski definition) is 5. The van der Waals surface area contributed by atoms with E-state index in [0.717, 1.165) is 5.56 Å². The van der Waals surface area contributed by atoms with Gasteiger partial charge in [-0.25, -0.2) is 14.2 Å². The number of nitrogens with two attached hydrogens (primary N) is 1. The summed E-state index contributed by atoms with van der Waals surface area (Å²) in [6.07, 6.45) is 6.82. The highest BCUT2D eigenvalue weighted by atomic mass is 35.5. The molecule has 0 saturated heterocycles. The van der Waals surface area contributed by atoms with Crippen molar-refractivity contribution in [1.82, 2.24) is 15.3 Å². The molecule has 2 heterocycles. The number of aromatic nitrogens is 2. The van der Waals surface area contributed by atoms with E-state index in [4.69, 9.17) is 17.3 Å². The second-order valence-electron chi connectivity index (χ2n) is 6.52. The molecule has 6 nitrogen and oxygen atoms in total. The van der Waals surface area contributed by atoms with Gasteiger partial charge in [-0.15, -0.1) is 11.3 Å². The summed E-state index contributed by atoms with van der Waals surface area (Å²) in [6, 6.07) is 9.68. The average Bonchev–Trinajstić information content (AvgIpc) is 3.13. The van der Waals surface area contributed by atoms with Crippen molar-refractivity contribution >= 4 is 39.8 Å². The number of urea groups is 1. The number of anilines is 2. The molecule has 0 saturated carbocycles. The summed E-state index contributed by atoms with van der Waals surface area (Å²) in [5.41, 5.74) is 8.04. The summed E-state index contributed by atoms with van der Waals surface area (Å²) < 4.78 is 15.4. The summed E-state index contributed by atoms with van der Waals surface area (Å²) in [6.45, 7) is 0. The zero-order valence-corrected chi connectivity index (χ0v) is 17.1. The van der Waals surface area contributed by atoms with Crippen LogP contribution in [0, 0.1) is 0 Å². The zero-order valence-electron chi connectivity index (χ0n) is 15.5. The largest absolute Gasteiger partial charge is 0.375 e. The minimum absolute atomic E-state index is 0.154. The standard InChI is InChI=1S/C21H17ClFN5OS/c22-13-4-6-14(7-5-13)26-21(29)27-16-3-1-2-15(17(16)23)19-18(28-20(24)30-19)12-8-10-25-11-9-12/h1-11,15,17H,(H2,24,28)(H2,26,27,29). The number of benzene rings is 1. The van der Waals surface area contributed by atoms with Crippen molar-refractivity contribution in [2.24, 2.45) is 0 Å². The Morgan fingerprint density at radius 2 is 1.87 bits per heavy atom. The first-order chi connectivity index (χ1) is 14.5. The van der Waals surface area contributed by atoms with Crippen LogP contribution in [0.15, 0.2) is 72.7 Å². The fraction of sp³-hybridized carbons (Fsp3) is 0.0952. The third-order valence-corrected chi connectivity index (χ3v) is 5.73. The number of rotatable bonds is 4. The van der Waals surface area contributed by atoms with Gasteiger partial charge in [-0.3, -0.25) is 4.98 Å². The van der Waals surface area contributed by atoms with Crippen molar-refractivity contribution < 1.29 is 9.18 Å². The van der Waals surface area contributed by atoms with E-state index < -0.39 is 18.1 Å². The third-order valence-electron chi connectivity index (χ3n) is 4.49. The van der Waals surface area contributed by atoms with E-state index in [2.05, 4.69) is 20.6 Å². The quantitative estimate of drug-likeness (QED) is 0.522. The molecule has 1 aliphatic rings. The molecule has 0 aliphatic heterocycles. The molecule has 9 heteroatoms. The van der Waals surface area contributed by atoms with E-state index >= 15 is 4.39 Å². The number of hydrogen-bond donors (Lipinski definition) is 3. The van der Waals surface area contributed by atoms with Gasteiger partial charge in [-0.1, -0.05) is 23.8 Å². The highest BCUT2D eigenvalue weighted by molar-refractivity contribution is 7.16. The summed E-state index contributed by atoms with van der Waals surface area (Å²) >= 11 is 7.08. The molecule has 0 spiro atoms. The molecule has 30 heavy (non-hydrogen) atoms. The van der Waals surface area contributed by atoms with E-state index in [9.17, 15) is 4.79 Å². The van der Waals surface area contributed by atoms with Crippen molar-refractivity contribution in [1.29, 1.82) is 0 Å². The summed E-state index contributed by atoms with van der Waals surface area (Å²) in [5, 5.41) is 6.15. The zero-order chi connectivity index (χ0) is 21.1. The van der Waals surface area contributed by atoms with Gasteiger partial charge in [-0.05, 0) is 42.5 Å². The van der Waals surface area contributed by atoms with Crippen LogP contribution >= 0.6 is 22.9 Å². The number of carbonyl (C=O) groups is 1. The van der Waals surface area contributed by atoms with E-state index in [1.165, 1.54) is 11.3 Å². The number of carbonyl (C=O) groups excluding carboxylic acids is 1. The van der Waals surface area contributed by atoms with Crippen molar-refractivity contribution in [3.63, 3.8) is 0 Å². The SMILES string of the molecule is Nc1nc(-c2ccncc2)c(C2C=CC=C(NC(=O)Nc3ccc(Cl)cc3)C2F)s1. The molecule has 2 aromatic heterocycles. The average molecular weight is 442 g/mol. The van der Waals surface area contributed by atoms with Gasteiger partial charge < -0.3 is 16.4 Å². The number of thiazole rings is 1. The summed E-state index contributed by atoms with van der Waals surface area (Å²) in [7, 11) is 0. The van der Waals surface area contributed by atoms with Crippen LogP contribution in [0.2, 0.25) is 5.02 Å². The van der Waals surface area contributed by atoms with E-state index in [1.807, 2.05) is 0 Å². The smallest absolute Gasteiger partial charge is 0.323 e. The topological polar surface area (TPSA) is 92.9 Å². The van der Waals surface area contributed by atoms with Gasteiger partial charge in [0.25, 0.3) is 0 Å². The predicted octanol–water partition coefficient (Wildman–Crippen LogP) is 5.14. The summed E-state index contributed by atoms with van der Waals surface area (Å²) in [4.78, 5) is 21.4. The maximum atomic E-state index is 15.4. The number of allylic oxidation sites excluding steroid dienone is 4. The maximum Gasteiger partial charge on any atom is 0.323 e. The van der Waals surface area contributed by atoms with Gasteiger partial charge in [0.15, 0.2) is 11.3 Å². The molecule has 0 bridgehead atoms. The van der Waals surface area contributed by atoms with Gasteiger partial charge in [0.1, 0.15) is 0 Å². The Balaban J connectivity index is 1.52. The molecule has 4 N–H and O–H groups in total. The minimum atomic E-state index is -1.47. The Morgan fingerprint density at radius 1 is 1.13 bits per heavy atom. The number of halogens is 2. The van der Waals surface area contributed by atoms with Crippen LogP contribution in [0.5, 0.6) is 0 Å². The lowest BCUT2D eigenvalue weighted by atomic mass is 9.92. The van der Waals surface area contributed by atoms with Gasteiger partial charge >= 0.3 is 6.03 Å². The lowest BCUT2D eigenvalue weighted by molar-refractivity contribution is 0.250. The van der Waals surface area contributed by atoms with Crippen LogP contribution in [-0.4, -0.2) is 22.2 Å². The first-order valence-corrected chi connectivity index (χ1v) is 10.2. The van der Waals surface area contributed by atoms with Gasteiger partial charge in [0.2, 0.25) is 0 Å². The van der Waals surface area contributed by atoms with Crippen molar-refractivity contribution in [3.05, 3.63) is 82.6 Å². The predicted molar refractivity (Wildman–Crippen MR) is 118 cm³/mol. The monoisotopic (exact) mass is 441 g/mol. The van der Waals surface area contributed by atoms with Crippen molar-refractivity contribution in [2.75, 3.05) is 11.1 Å². The number of nitrogen functional groups attached to an aromatic ring is 1. The molecule has 2 unspecified atom stereocenters. The number of amides is 2. The fourth-order valence-electron chi connectivity index (χ4n) is 3.11. The number of nitrogens with one attached hydrogen (secondary N) is 2. The summed E-state index contributed by atoms with van der Waals surface area (Å²) in [5.74, 6) is -0.626. The Morgan fingerprint density at radius 3 is 2.60 bits per heavy atom. The Kier molecular flexibility index (Phi) is 5.78.